The lowest BCUT2D eigenvalue weighted by atomic mass is 9.96. The summed E-state index contributed by atoms with van der Waals surface area (Å²) in [5.74, 6) is 3.67. The number of carboxylic acid groups (broad SMARTS) is 2. The lowest BCUT2D eigenvalue weighted by Gasteiger charge is -2.07. The number of ether oxygens (including phenoxy) is 1. The molecule has 0 heterocycles. The number of benzene rings is 2. The average Bonchev–Trinajstić information content (AvgIpc) is 2.91. The summed E-state index contributed by atoms with van der Waals surface area (Å²) in [4.78, 5) is 23.2. The van der Waals surface area contributed by atoms with Crippen molar-refractivity contribution in [3.05, 3.63) is 47.0 Å². The topological polar surface area (TPSA) is 83.8 Å². The van der Waals surface area contributed by atoms with Crippen molar-refractivity contribution in [2.45, 2.75) is 110 Å². The second-order valence-corrected chi connectivity index (χ2v) is 10.2. The van der Waals surface area contributed by atoms with Crippen molar-refractivity contribution in [2.75, 3.05) is 13.2 Å². The van der Waals surface area contributed by atoms with Gasteiger partial charge >= 0.3 is 11.9 Å². The smallest absolute Gasteiger partial charge is 0.336 e. The Morgan fingerprint density at radius 2 is 1.18 bits per heavy atom. The molecule has 0 saturated carbocycles. The van der Waals surface area contributed by atoms with Gasteiger partial charge in [-0.05, 0) is 29.3 Å². The molecule has 2 rings (SSSR count). The maximum Gasteiger partial charge on any atom is 0.336 e. The predicted octanol–water partition coefficient (Wildman–Crippen LogP) is 8.87. The maximum atomic E-state index is 11.7. The van der Waals surface area contributed by atoms with Gasteiger partial charge < -0.3 is 14.9 Å². The third-order valence-electron chi connectivity index (χ3n) is 7.05. The van der Waals surface area contributed by atoms with Gasteiger partial charge in [0.15, 0.2) is 0 Å². The minimum atomic E-state index is -1.09. The van der Waals surface area contributed by atoms with Gasteiger partial charge in [0.05, 0.1) is 11.1 Å². The molecule has 5 heteroatoms. The summed E-state index contributed by atoms with van der Waals surface area (Å²) in [6.07, 6.45) is 21.3. The highest BCUT2D eigenvalue weighted by molar-refractivity contribution is 6.08. The Morgan fingerprint density at radius 3 is 1.71 bits per heavy atom. The summed E-state index contributed by atoms with van der Waals surface area (Å²) in [5.41, 5.74) is 0.511. The van der Waals surface area contributed by atoms with E-state index in [4.69, 9.17) is 4.74 Å². The van der Waals surface area contributed by atoms with Gasteiger partial charge in [-0.25, -0.2) is 9.59 Å². The predicted molar refractivity (Wildman–Crippen MR) is 155 cm³/mol. The minimum absolute atomic E-state index is 0.0605. The van der Waals surface area contributed by atoms with Crippen LogP contribution in [0.2, 0.25) is 0 Å². The summed E-state index contributed by atoms with van der Waals surface area (Å²) in [5, 5.41) is 20.0. The molecule has 0 spiro atoms. The van der Waals surface area contributed by atoms with Gasteiger partial charge in [0.25, 0.3) is 0 Å². The highest BCUT2D eigenvalue weighted by Crippen LogP contribution is 2.25. The van der Waals surface area contributed by atoms with Crippen LogP contribution in [0.4, 0.5) is 0 Å². The van der Waals surface area contributed by atoms with E-state index in [1.54, 1.807) is 12.1 Å². The Bertz CT molecular complexity index is 1050. The molecule has 0 aromatic heterocycles. The molecule has 0 saturated heterocycles. The van der Waals surface area contributed by atoms with E-state index >= 15 is 0 Å². The normalized spacial score (nSPS) is 10.9. The van der Waals surface area contributed by atoms with Crippen LogP contribution in [0.25, 0.3) is 10.8 Å². The molecule has 208 valence electrons. The maximum absolute atomic E-state index is 11.7. The van der Waals surface area contributed by atoms with Crippen LogP contribution in [0.3, 0.4) is 0 Å². The summed E-state index contributed by atoms with van der Waals surface area (Å²) in [7, 11) is 0. The molecule has 0 fully saturated rings. The zero-order valence-electron chi connectivity index (χ0n) is 23.2. The number of rotatable bonds is 20. The van der Waals surface area contributed by atoms with Crippen LogP contribution in [0, 0.1) is 11.8 Å². The van der Waals surface area contributed by atoms with E-state index in [2.05, 4.69) is 18.8 Å². The van der Waals surface area contributed by atoms with Crippen molar-refractivity contribution in [3.8, 4) is 11.8 Å². The number of aromatic carboxylic acids is 2. The van der Waals surface area contributed by atoms with E-state index < -0.39 is 11.9 Å². The Hall–Kier alpha value is -2.84. The molecule has 0 bridgehead atoms. The van der Waals surface area contributed by atoms with Crippen LogP contribution in [-0.4, -0.2) is 35.4 Å². The molecule has 38 heavy (non-hydrogen) atoms. The van der Waals surface area contributed by atoms with Crippen molar-refractivity contribution >= 4 is 22.7 Å². The quantitative estimate of drug-likeness (QED) is 0.134. The van der Waals surface area contributed by atoms with Gasteiger partial charge in [0, 0.05) is 12.2 Å². The van der Waals surface area contributed by atoms with E-state index in [9.17, 15) is 19.8 Å². The molecule has 0 amide bonds. The first-order chi connectivity index (χ1) is 18.6. The number of carboxylic acids is 2. The van der Waals surface area contributed by atoms with Gasteiger partial charge in [0.1, 0.15) is 6.61 Å². The lowest BCUT2D eigenvalue weighted by Crippen LogP contribution is -2.03. The van der Waals surface area contributed by atoms with Gasteiger partial charge in [-0.2, -0.15) is 0 Å². The average molecular weight is 523 g/mol. The molecule has 2 aromatic carbocycles. The van der Waals surface area contributed by atoms with E-state index in [0.717, 1.165) is 12.8 Å². The Balaban J connectivity index is 1.57. The van der Waals surface area contributed by atoms with Crippen LogP contribution >= 0.6 is 0 Å². The molecule has 0 unspecified atom stereocenters. The van der Waals surface area contributed by atoms with E-state index in [1.165, 1.54) is 108 Å². The van der Waals surface area contributed by atoms with Crippen molar-refractivity contribution in [1.29, 1.82) is 0 Å². The summed E-state index contributed by atoms with van der Waals surface area (Å²) in [6, 6.07) is 7.76. The summed E-state index contributed by atoms with van der Waals surface area (Å²) >= 11 is 0. The van der Waals surface area contributed by atoms with Gasteiger partial charge in [-0.15, -0.1) is 0 Å². The first-order valence-electron chi connectivity index (χ1n) is 14.6. The van der Waals surface area contributed by atoms with Gasteiger partial charge in [0.2, 0.25) is 0 Å². The molecule has 2 N–H and O–H groups in total. The standard InChI is InChI=1S/C33H46O5/c1-2-3-4-5-6-7-8-9-10-11-12-13-14-15-16-17-25-38-26-19-22-28-27-20-18-21-30(32(34)35)29(27)23-24-31(28)33(36)37/h18,20-21,23-24H,2-17,25-26H2,1H3,(H,34,35)(H,36,37). The zero-order chi connectivity index (χ0) is 27.4. The lowest BCUT2D eigenvalue weighted by molar-refractivity contribution is 0.0688. The molecule has 5 nitrogen and oxygen atoms in total. The van der Waals surface area contributed by atoms with Gasteiger partial charge in [-0.3, -0.25) is 0 Å². The Labute approximate surface area is 229 Å². The number of unbranched alkanes of at least 4 members (excludes halogenated alkanes) is 15. The molecular formula is C33H46O5. The highest BCUT2D eigenvalue weighted by Gasteiger charge is 2.15. The Kier molecular flexibility index (Phi) is 15.9. The monoisotopic (exact) mass is 522 g/mol. The van der Waals surface area contributed by atoms with Crippen LogP contribution in [0.1, 0.15) is 136 Å². The minimum Gasteiger partial charge on any atom is -0.478 e. The highest BCUT2D eigenvalue weighted by atomic mass is 16.5. The molecule has 0 aliphatic heterocycles. The van der Waals surface area contributed by atoms with E-state index in [1.807, 2.05) is 0 Å². The van der Waals surface area contributed by atoms with Crippen LogP contribution in [0.5, 0.6) is 0 Å². The molecular weight excluding hydrogens is 476 g/mol. The third kappa shape index (κ3) is 11.7. The number of carbonyl (C=O) groups is 2. The molecule has 0 aliphatic carbocycles. The fourth-order valence-corrected chi connectivity index (χ4v) is 4.86. The molecule has 0 atom stereocenters. The number of hydrogen-bond donors (Lipinski definition) is 2. The SMILES string of the molecule is CCCCCCCCCCCCCCCCCCOCC#Cc1c(C(=O)O)ccc2c(C(=O)O)cccc12. The van der Waals surface area contributed by atoms with Crippen LogP contribution in [-0.2, 0) is 4.74 Å². The number of fused-ring (bicyclic) bond motifs is 1. The van der Waals surface area contributed by atoms with Crippen molar-refractivity contribution < 1.29 is 24.5 Å². The zero-order valence-corrected chi connectivity index (χ0v) is 23.2. The summed E-state index contributed by atoms with van der Waals surface area (Å²) in [6.45, 7) is 3.12. The van der Waals surface area contributed by atoms with Crippen molar-refractivity contribution in [2.24, 2.45) is 0 Å². The Morgan fingerprint density at radius 1 is 0.658 bits per heavy atom. The first-order valence-corrected chi connectivity index (χ1v) is 14.6. The second-order valence-electron chi connectivity index (χ2n) is 10.2. The first kappa shape index (κ1) is 31.4. The molecule has 0 radical (unpaired) electrons. The van der Waals surface area contributed by atoms with E-state index in [-0.39, 0.29) is 17.7 Å². The summed E-state index contributed by atoms with van der Waals surface area (Å²) < 4.78 is 5.63. The fourth-order valence-electron chi connectivity index (χ4n) is 4.86. The van der Waals surface area contributed by atoms with Crippen molar-refractivity contribution in [3.63, 3.8) is 0 Å². The van der Waals surface area contributed by atoms with Gasteiger partial charge in [-0.1, -0.05) is 133 Å². The van der Waals surface area contributed by atoms with E-state index in [0.29, 0.717) is 22.9 Å². The van der Waals surface area contributed by atoms with Crippen LogP contribution in [0.15, 0.2) is 30.3 Å². The molecule has 2 aromatic rings. The third-order valence-corrected chi connectivity index (χ3v) is 7.05. The fraction of sp³-hybridized carbons (Fsp3) is 0.576. The number of hydrogen-bond acceptors (Lipinski definition) is 3. The van der Waals surface area contributed by atoms with Crippen LogP contribution < -0.4 is 0 Å². The van der Waals surface area contributed by atoms with Crippen molar-refractivity contribution in [1.82, 2.24) is 0 Å². The second kappa shape index (κ2) is 19.3. The largest absolute Gasteiger partial charge is 0.478 e. The molecule has 0 aliphatic rings.